The lowest BCUT2D eigenvalue weighted by molar-refractivity contribution is 0.102. The number of nitrogens with zero attached hydrogens (tertiary/aromatic N) is 2. The standard InChI is InChI=1S/C22H17ClN4O2/c23-16-9-10-17-20(11-16)25-13-27(22(17)29)12-14-5-7-15(8-6-14)21(28)26-19-4-2-1-3-18(19)24/h1-11,13H,12,24H2,(H,26,28). The first-order chi connectivity index (χ1) is 14.0. The summed E-state index contributed by atoms with van der Waals surface area (Å²) in [6, 6.07) is 19.1. The van der Waals surface area contributed by atoms with E-state index >= 15 is 0 Å². The minimum atomic E-state index is -0.254. The number of carbonyl (C=O) groups excluding carboxylic acids is 1. The molecule has 0 fully saturated rings. The molecule has 7 heteroatoms. The van der Waals surface area contributed by atoms with Gasteiger partial charge in [0.15, 0.2) is 0 Å². The van der Waals surface area contributed by atoms with Gasteiger partial charge in [-0.3, -0.25) is 14.2 Å². The fourth-order valence-corrected chi connectivity index (χ4v) is 3.17. The van der Waals surface area contributed by atoms with E-state index in [0.29, 0.717) is 39.4 Å². The lowest BCUT2D eigenvalue weighted by Crippen LogP contribution is -2.21. The Morgan fingerprint density at radius 1 is 1.07 bits per heavy atom. The molecule has 4 aromatic rings. The van der Waals surface area contributed by atoms with Crippen LogP contribution in [0.3, 0.4) is 0 Å². The van der Waals surface area contributed by atoms with Crippen molar-refractivity contribution in [3.05, 3.63) is 99.6 Å². The number of anilines is 2. The van der Waals surface area contributed by atoms with Crippen LogP contribution in [0.2, 0.25) is 5.02 Å². The van der Waals surface area contributed by atoms with Crippen molar-refractivity contribution in [2.24, 2.45) is 0 Å². The first-order valence-corrected chi connectivity index (χ1v) is 9.28. The molecule has 0 aliphatic heterocycles. The van der Waals surface area contributed by atoms with Gasteiger partial charge in [0.25, 0.3) is 11.5 Å². The predicted octanol–water partition coefficient (Wildman–Crippen LogP) is 3.93. The topological polar surface area (TPSA) is 90.0 Å². The van der Waals surface area contributed by atoms with E-state index in [2.05, 4.69) is 10.3 Å². The van der Waals surface area contributed by atoms with Gasteiger partial charge in [0.2, 0.25) is 0 Å². The van der Waals surface area contributed by atoms with Crippen molar-refractivity contribution >= 4 is 39.8 Å². The van der Waals surface area contributed by atoms with Crippen molar-refractivity contribution in [1.29, 1.82) is 0 Å². The molecule has 6 nitrogen and oxygen atoms in total. The Hall–Kier alpha value is -3.64. The van der Waals surface area contributed by atoms with E-state index in [0.717, 1.165) is 5.56 Å². The van der Waals surface area contributed by atoms with E-state index in [9.17, 15) is 9.59 Å². The molecule has 3 N–H and O–H groups in total. The number of nitrogens with one attached hydrogen (secondary N) is 1. The van der Waals surface area contributed by atoms with Crippen LogP contribution in [0.15, 0.2) is 77.9 Å². The van der Waals surface area contributed by atoms with Gasteiger partial charge in [-0.15, -0.1) is 0 Å². The summed E-state index contributed by atoms with van der Waals surface area (Å²) >= 11 is 5.95. The number of aromatic nitrogens is 2. The van der Waals surface area contributed by atoms with E-state index in [1.165, 1.54) is 10.9 Å². The Bertz CT molecular complexity index is 1270. The fraction of sp³-hybridized carbons (Fsp3) is 0.0455. The number of amides is 1. The van der Waals surface area contributed by atoms with Crippen LogP contribution in [0, 0.1) is 0 Å². The van der Waals surface area contributed by atoms with E-state index in [4.69, 9.17) is 17.3 Å². The second-order valence-electron chi connectivity index (χ2n) is 6.58. The van der Waals surface area contributed by atoms with Crippen LogP contribution in [0.25, 0.3) is 10.9 Å². The van der Waals surface area contributed by atoms with Crippen LogP contribution in [0.5, 0.6) is 0 Å². The molecule has 29 heavy (non-hydrogen) atoms. The minimum Gasteiger partial charge on any atom is -0.397 e. The normalized spacial score (nSPS) is 10.8. The van der Waals surface area contributed by atoms with Crippen LogP contribution >= 0.6 is 11.6 Å². The van der Waals surface area contributed by atoms with Crippen molar-refractivity contribution < 1.29 is 4.79 Å². The summed E-state index contributed by atoms with van der Waals surface area (Å²) in [4.78, 5) is 29.4. The van der Waals surface area contributed by atoms with Gasteiger partial charge in [-0.25, -0.2) is 4.98 Å². The fourth-order valence-electron chi connectivity index (χ4n) is 3.01. The largest absolute Gasteiger partial charge is 0.397 e. The SMILES string of the molecule is Nc1ccccc1NC(=O)c1ccc(Cn2cnc3cc(Cl)ccc3c2=O)cc1. The number of fused-ring (bicyclic) bond motifs is 1. The molecule has 0 aliphatic carbocycles. The second kappa shape index (κ2) is 7.77. The smallest absolute Gasteiger partial charge is 0.261 e. The Morgan fingerprint density at radius 2 is 1.83 bits per heavy atom. The summed E-state index contributed by atoms with van der Waals surface area (Å²) in [5, 5.41) is 3.83. The van der Waals surface area contributed by atoms with E-state index in [1.54, 1.807) is 54.6 Å². The summed E-state index contributed by atoms with van der Waals surface area (Å²) in [5.41, 5.74) is 8.71. The maximum Gasteiger partial charge on any atom is 0.261 e. The molecule has 0 aliphatic rings. The lowest BCUT2D eigenvalue weighted by Gasteiger charge is -2.09. The van der Waals surface area contributed by atoms with Gasteiger partial charge in [-0.2, -0.15) is 0 Å². The number of nitrogen functional groups attached to an aromatic ring is 1. The van der Waals surface area contributed by atoms with Crippen molar-refractivity contribution in [3.8, 4) is 0 Å². The molecule has 0 atom stereocenters. The minimum absolute atomic E-state index is 0.145. The van der Waals surface area contributed by atoms with E-state index < -0.39 is 0 Å². The molecule has 0 unspecified atom stereocenters. The summed E-state index contributed by atoms with van der Waals surface area (Å²) < 4.78 is 1.52. The number of hydrogen-bond donors (Lipinski definition) is 2. The lowest BCUT2D eigenvalue weighted by atomic mass is 10.1. The molecule has 3 aromatic carbocycles. The third-order valence-electron chi connectivity index (χ3n) is 4.57. The third-order valence-corrected chi connectivity index (χ3v) is 4.80. The van der Waals surface area contributed by atoms with Gasteiger partial charge in [-0.05, 0) is 48.0 Å². The highest BCUT2D eigenvalue weighted by atomic mass is 35.5. The molecule has 1 aromatic heterocycles. The number of para-hydroxylation sites is 2. The Morgan fingerprint density at radius 3 is 2.59 bits per heavy atom. The van der Waals surface area contributed by atoms with Crippen molar-refractivity contribution in [3.63, 3.8) is 0 Å². The first-order valence-electron chi connectivity index (χ1n) is 8.91. The summed E-state index contributed by atoms with van der Waals surface area (Å²) in [5.74, 6) is -0.254. The Kier molecular flexibility index (Phi) is 5.01. The Balaban J connectivity index is 1.53. The van der Waals surface area contributed by atoms with Crippen LogP contribution < -0.4 is 16.6 Å². The van der Waals surface area contributed by atoms with E-state index in [1.807, 2.05) is 12.1 Å². The van der Waals surface area contributed by atoms with Crippen molar-refractivity contribution in [1.82, 2.24) is 9.55 Å². The van der Waals surface area contributed by atoms with Crippen molar-refractivity contribution in [2.75, 3.05) is 11.1 Å². The molecular weight excluding hydrogens is 388 g/mol. The maximum atomic E-state index is 12.7. The molecule has 0 saturated heterocycles. The van der Waals surface area contributed by atoms with Crippen LogP contribution in [0.1, 0.15) is 15.9 Å². The number of rotatable bonds is 4. The highest BCUT2D eigenvalue weighted by Crippen LogP contribution is 2.18. The highest BCUT2D eigenvalue weighted by Gasteiger charge is 2.09. The second-order valence-corrected chi connectivity index (χ2v) is 7.01. The van der Waals surface area contributed by atoms with Gasteiger partial charge >= 0.3 is 0 Å². The molecule has 144 valence electrons. The third kappa shape index (κ3) is 3.97. The number of benzene rings is 3. The van der Waals surface area contributed by atoms with Crippen LogP contribution in [-0.4, -0.2) is 15.5 Å². The zero-order valence-electron chi connectivity index (χ0n) is 15.3. The predicted molar refractivity (Wildman–Crippen MR) is 115 cm³/mol. The molecule has 0 bridgehead atoms. The Labute approximate surface area is 171 Å². The van der Waals surface area contributed by atoms with Crippen LogP contribution in [0.4, 0.5) is 11.4 Å². The summed E-state index contributed by atoms with van der Waals surface area (Å²) in [7, 11) is 0. The average Bonchev–Trinajstić information content (AvgIpc) is 2.72. The monoisotopic (exact) mass is 404 g/mol. The molecule has 4 rings (SSSR count). The number of halogens is 1. The molecule has 0 radical (unpaired) electrons. The zero-order chi connectivity index (χ0) is 20.4. The summed E-state index contributed by atoms with van der Waals surface area (Å²) in [6.45, 7) is 0.345. The van der Waals surface area contributed by atoms with Gasteiger partial charge in [0, 0.05) is 10.6 Å². The summed E-state index contributed by atoms with van der Waals surface area (Å²) in [6.07, 6.45) is 1.50. The highest BCUT2D eigenvalue weighted by molar-refractivity contribution is 6.31. The zero-order valence-corrected chi connectivity index (χ0v) is 16.1. The molecule has 1 heterocycles. The van der Waals surface area contributed by atoms with Crippen molar-refractivity contribution in [2.45, 2.75) is 6.54 Å². The van der Waals surface area contributed by atoms with Crippen LogP contribution in [-0.2, 0) is 6.54 Å². The van der Waals surface area contributed by atoms with Gasteiger partial charge in [-0.1, -0.05) is 35.9 Å². The quantitative estimate of drug-likeness (QED) is 0.504. The average molecular weight is 405 g/mol. The van der Waals surface area contributed by atoms with Gasteiger partial charge in [0.05, 0.1) is 35.1 Å². The molecule has 1 amide bonds. The molecule has 0 saturated carbocycles. The van der Waals surface area contributed by atoms with E-state index in [-0.39, 0.29) is 11.5 Å². The first kappa shape index (κ1) is 18.7. The number of nitrogens with two attached hydrogens (primary N) is 1. The van der Waals surface area contributed by atoms with Gasteiger partial charge in [0.1, 0.15) is 0 Å². The maximum absolute atomic E-state index is 12.7. The number of carbonyl (C=O) groups is 1. The molecular formula is C22H17ClN4O2. The van der Waals surface area contributed by atoms with Gasteiger partial charge < -0.3 is 11.1 Å². The molecule has 0 spiro atoms. The number of hydrogen-bond acceptors (Lipinski definition) is 4.